The summed E-state index contributed by atoms with van der Waals surface area (Å²) in [4.78, 5) is 23.2. The molecular weight excluding hydrogens is 429 g/mol. The van der Waals surface area contributed by atoms with Crippen molar-refractivity contribution in [3.05, 3.63) is 35.7 Å². The van der Waals surface area contributed by atoms with E-state index in [0.29, 0.717) is 38.1 Å². The normalized spacial score (nSPS) is 19.7. The molecule has 0 radical (unpaired) electrons. The van der Waals surface area contributed by atoms with E-state index in [1.807, 2.05) is 0 Å². The molecular formula is C21H23F3N4O4. The molecule has 2 aliphatic heterocycles. The van der Waals surface area contributed by atoms with Gasteiger partial charge in [-0.3, -0.25) is 4.79 Å². The summed E-state index contributed by atoms with van der Waals surface area (Å²) in [5.41, 5.74) is 2.04. The first-order valence-electron chi connectivity index (χ1n) is 10.5. The molecule has 172 valence electrons. The minimum atomic E-state index is -4.69. The molecule has 32 heavy (non-hydrogen) atoms. The van der Waals surface area contributed by atoms with Crippen molar-refractivity contribution in [1.82, 2.24) is 15.0 Å². The zero-order valence-electron chi connectivity index (χ0n) is 17.3. The summed E-state index contributed by atoms with van der Waals surface area (Å²) in [6.07, 6.45) is -0.504. The van der Waals surface area contributed by atoms with E-state index in [9.17, 15) is 18.0 Å². The molecule has 0 spiro atoms. The van der Waals surface area contributed by atoms with E-state index in [-0.39, 0.29) is 24.4 Å². The number of alkyl halides is 3. The third-order valence-corrected chi connectivity index (χ3v) is 5.37. The van der Waals surface area contributed by atoms with Crippen molar-refractivity contribution in [2.75, 3.05) is 19.7 Å². The summed E-state index contributed by atoms with van der Waals surface area (Å²) >= 11 is 0. The number of carbonyl (C=O) groups is 1. The van der Waals surface area contributed by atoms with Gasteiger partial charge in [0.15, 0.2) is 0 Å². The van der Waals surface area contributed by atoms with Gasteiger partial charge in [0.1, 0.15) is 0 Å². The van der Waals surface area contributed by atoms with Crippen LogP contribution in [0.3, 0.4) is 0 Å². The Balaban J connectivity index is 1.26. The van der Waals surface area contributed by atoms with Crippen molar-refractivity contribution in [1.29, 1.82) is 0 Å². The van der Waals surface area contributed by atoms with E-state index in [0.717, 1.165) is 30.5 Å². The maximum Gasteiger partial charge on any atom is 0.471 e. The fraction of sp³-hybridized carbons (Fsp3) is 0.524. The van der Waals surface area contributed by atoms with Crippen molar-refractivity contribution in [2.24, 2.45) is 5.16 Å². The smallest absolute Gasteiger partial charge is 0.364 e. The molecule has 11 heteroatoms. The van der Waals surface area contributed by atoms with Crippen molar-refractivity contribution in [3.8, 4) is 11.4 Å². The molecule has 0 aliphatic carbocycles. The largest absolute Gasteiger partial charge is 0.471 e. The van der Waals surface area contributed by atoms with E-state index in [1.54, 1.807) is 29.2 Å². The van der Waals surface area contributed by atoms with Crippen LogP contribution in [0.25, 0.3) is 11.4 Å². The molecule has 2 aliphatic rings. The fourth-order valence-corrected chi connectivity index (χ4v) is 3.55. The average Bonchev–Trinajstić information content (AvgIpc) is 3.30. The number of likely N-dealkylation sites (tertiary alicyclic amines) is 1. The third kappa shape index (κ3) is 5.64. The van der Waals surface area contributed by atoms with Crippen LogP contribution >= 0.6 is 0 Å². The topological polar surface area (TPSA) is 90.1 Å². The SMILES string of the molecule is O=C(Cc1ccc(-c2noc(C(F)(F)F)n2)cc1)N1CCC(=NOC2CCCCO2)CC1. The van der Waals surface area contributed by atoms with E-state index in [2.05, 4.69) is 19.8 Å². The van der Waals surface area contributed by atoms with Crippen LogP contribution in [0.15, 0.2) is 33.9 Å². The highest BCUT2D eigenvalue weighted by atomic mass is 19.4. The Morgan fingerprint density at radius 3 is 2.56 bits per heavy atom. The molecule has 8 nitrogen and oxygen atoms in total. The lowest BCUT2D eigenvalue weighted by Crippen LogP contribution is -2.39. The predicted octanol–water partition coefficient (Wildman–Crippen LogP) is 3.82. The Morgan fingerprint density at radius 1 is 1.19 bits per heavy atom. The van der Waals surface area contributed by atoms with Gasteiger partial charge in [0.2, 0.25) is 18.0 Å². The number of ether oxygens (including phenoxy) is 1. The van der Waals surface area contributed by atoms with Crippen molar-refractivity contribution in [2.45, 2.75) is 51.0 Å². The predicted molar refractivity (Wildman–Crippen MR) is 106 cm³/mol. The fourth-order valence-electron chi connectivity index (χ4n) is 3.55. The number of rotatable bonds is 5. The Morgan fingerprint density at radius 2 is 1.94 bits per heavy atom. The summed E-state index contributed by atoms with van der Waals surface area (Å²) in [7, 11) is 0. The van der Waals surface area contributed by atoms with Gasteiger partial charge in [0.25, 0.3) is 0 Å². The number of benzene rings is 1. The summed E-state index contributed by atoms with van der Waals surface area (Å²) in [5, 5.41) is 7.56. The monoisotopic (exact) mass is 452 g/mol. The maximum atomic E-state index is 12.6. The molecule has 1 amide bonds. The number of nitrogens with zero attached hydrogens (tertiary/aromatic N) is 4. The molecule has 1 aromatic heterocycles. The highest BCUT2D eigenvalue weighted by molar-refractivity contribution is 5.87. The van der Waals surface area contributed by atoms with Gasteiger partial charge in [-0.25, -0.2) is 0 Å². The molecule has 1 unspecified atom stereocenters. The van der Waals surface area contributed by atoms with Gasteiger partial charge in [-0.1, -0.05) is 34.6 Å². The Kier molecular flexibility index (Phi) is 6.73. The second-order valence-electron chi connectivity index (χ2n) is 7.73. The lowest BCUT2D eigenvalue weighted by Gasteiger charge is -2.28. The first-order valence-corrected chi connectivity index (χ1v) is 10.5. The van der Waals surface area contributed by atoms with Gasteiger partial charge in [-0.15, -0.1) is 0 Å². The number of aromatic nitrogens is 2. The van der Waals surface area contributed by atoms with Crippen LogP contribution in [0.4, 0.5) is 13.2 Å². The van der Waals surface area contributed by atoms with Gasteiger partial charge in [-0.05, 0) is 18.4 Å². The van der Waals surface area contributed by atoms with Gasteiger partial charge in [0, 0.05) is 37.9 Å². The molecule has 1 atom stereocenters. The molecule has 0 saturated carbocycles. The second-order valence-corrected chi connectivity index (χ2v) is 7.73. The summed E-state index contributed by atoms with van der Waals surface area (Å²) in [6, 6.07) is 6.48. The van der Waals surface area contributed by atoms with Gasteiger partial charge >= 0.3 is 12.1 Å². The van der Waals surface area contributed by atoms with Crippen LogP contribution in [0.5, 0.6) is 0 Å². The summed E-state index contributed by atoms with van der Waals surface area (Å²) in [6.45, 7) is 1.82. The zero-order valence-corrected chi connectivity index (χ0v) is 17.3. The number of halogens is 3. The van der Waals surface area contributed by atoms with Crippen molar-refractivity contribution >= 4 is 11.6 Å². The van der Waals surface area contributed by atoms with Crippen LogP contribution in [0.2, 0.25) is 0 Å². The lowest BCUT2D eigenvalue weighted by molar-refractivity contribution is -0.162. The Bertz CT molecular complexity index is 943. The molecule has 4 rings (SSSR count). The number of amides is 1. The van der Waals surface area contributed by atoms with Crippen LogP contribution in [0.1, 0.15) is 43.6 Å². The standard InChI is InChI=1S/C21H23F3N4O4/c22-21(23,24)20-25-19(27-32-20)15-6-4-14(5-7-15)13-17(29)28-10-8-16(9-11-28)26-31-18-3-1-2-12-30-18/h4-7,18H,1-3,8-13H2. The van der Waals surface area contributed by atoms with Crippen molar-refractivity contribution in [3.63, 3.8) is 0 Å². The first-order chi connectivity index (χ1) is 15.4. The quantitative estimate of drug-likeness (QED) is 0.641. The van der Waals surface area contributed by atoms with Gasteiger partial charge in [-0.2, -0.15) is 18.2 Å². The van der Waals surface area contributed by atoms with E-state index < -0.39 is 12.1 Å². The Labute approximate surface area is 182 Å². The van der Waals surface area contributed by atoms with Gasteiger partial charge in [0.05, 0.1) is 18.7 Å². The van der Waals surface area contributed by atoms with E-state index in [1.165, 1.54) is 0 Å². The lowest BCUT2D eigenvalue weighted by atomic mass is 10.1. The number of hydrogen-bond donors (Lipinski definition) is 0. The number of carbonyl (C=O) groups excluding carboxylic acids is 1. The third-order valence-electron chi connectivity index (χ3n) is 5.37. The molecule has 1 aromatic carbocycles. The van der Waals surface area contributed by atoms with Crippen LogP contribution in [-0.4, -0.2) is 52.6 Å². The Hall–Kier alpha value is -2.95. The summed E-state index contributed by atoms with van der Waals surface area (Å²) < 4.78 is 47.5. The number of hydrogen-bond acceptors (Lipinski definition) is 7. The molecule has 0 bridgehead atoms. The van der Waals surface area contributed by atoms with Crippen LogP contribution in [-0.2, 0) is 27.0 Å². The van der Waals surface area contributed by atoms with E-state index >= 15 is 0 Å². The molecule has 2 aromatic rings. The molecule has 2 saturated heterocycles. The molecule has 0 N–H and O–H groups in total. The van der Waals surface area contributed by atoms with Gasteiger partial charge < -0.3 is 19.0 Å². The zero-order chi connectivity index (χ0) is 22.6. The minimum absolute atomic E-state index is 0.0211. The number of piperidine rings is 1. The molecule has 3 heterocycles. The van der Waals surface area contributed by atoms with Crippen LogP contribution in [0, 0.1) is 0 Å². The van der Waals surface area contributed by atoms with Crippen molar-refractivity contribution < 1.29 is 32.1 Å². The summed E-state index contributed by atoms with van der Waals surface area (Å²) in [5.74, 6) is -1.57. The minimum Gasteiger partial charge on any atom is -0.364 e. The highest BCUT2D eigenvalue weighted by Crippen LogP contribution is 2.29. The highest BCUT2D eigenvalue weighted by Gasteiger charge is 2.38. The molecule has 2 fully saturated rings. The first kappa shape index (κ1) is 22.3. The maximum absolute atomic E-state index is 12.6. The second kappa shape index (κ2) is 9.68. The van der Waals surface area contributed by atoms with E-state index in [4.69, 9.17) is 9.57 Å². The van der Waals surface area contributed by atoms with Crippen LogP contribution < -0.4 is 0 Å². The average molecular weight is 452 g/mol. The number of oxime groups is 1.